The molecule has 0 saturated carbocycles. The molecule has 20 heavy (non-hydrogen) atoms. The Morgan fingerprint density at radius 3 is 2.65 bits per heavy atom. The highest BCUT2D eigenvalue weighted by molar-refractivity contribution is 7.99. The third-order valence-corrected chi connectivity index (χ3v) is 5.22. The van der Waals surface area contributed by atoms with Crippen molar-refractivity contribution < 1.29 is 4.74 Å². The van der Waals surface area contributed by atoms with E-state index in [4.69, 9.17) is 10.5 Å². The standard InChI is InChI=1S/C16H26N2OS/c1-16(13-17,18-8-3-10-20-11-9-18)12-14-4-6-15(19-2)7-5-14/h4-7H,3,8-13,17H2,1-2H3. The van der Waals surface area contributed by atoms with E-state index in [0.717, 1.165) is 25.3 Å². The fourth-order valence-electron chi connectivity index (χ4n) is 2.78. The van der Waals surface area contributed by atoms with E-state index in [1.165, 1.54) is 23.5 Å². The summed E-state index contributed by atoms with van der Waals surface area (Å²) < 4.78 is 5.22. The minimum atomic E-state index is 0.0550. The summed E-state index contributed by atoms with van der Waals surface area (Å²) in [6, 6.07) is 8.37. The van der Waals surface area contributed by atoms with E-state index in [2.05, 4.69) is 35.7 Å². The van der Waals surface area contributed by atoms with Gasteiger partial charge in [-0.1, -0.05) is 12.1 Å². The van der Waals surface area contributed by atoms with Crippen molar-refractivity contribution in [1.29, 1.82) is 0 Å². The largest absolute Gasteiger partial charge is 0.497 e. The number of thioether (sulfide) groups is 1. The van der Waals surface area contributed by atoms with Crippen LogP contribution in [0.2, 0.25) is 0 Å². The first kappa shape index (κ1) is 15.7. The zero-order valence-corrected chi connectivity index (χ0v) is 13.4. The van der Waals surface area contributed by atoms with Gasteiger partial charge in [-0.2, -0.15) is 11.8 Å². The van der Waals surface area contributed by atoms with Gasteiger partial charge in [0.1, 0.15) is 5.75 Å². The second kappa shape index (κ2) is 7.34. The molecule has 4 heteroatoms. The van der Waals surface area contributed by atoms with Gasteiger partial charge in [0, 0.05) is 24.4 Å². The van der Waals surface area contributed by atoms with Crippen LogP contribution in [0.5, 0.6) is 5.75 Å². The van der Waals surface area contributed by atoms with Crippen molar-refractivity contribution in [1.82, 2.24) is 4.90 Å². The van der Waals surface area contributed by atoms with Gasteiger partial charge in [-0.25, -0.2) is 0 Å². The molecule has 0 aromatic heterocycles. The maximum Gasteiger partial charge on any atom is 0.118 e. The Balaban J connectivity index is 2.08. The molecular formula is C16H26N2OS. The molecular weight excluding hydrogens is 268 g/mol. The van der Waals surface area contributed by atoms with Crippen LogP contribution in [0.4, 0.5) is 0 Å². The normalized spacial score (nSPS) is 20.1. The molecule has 1 aliphatic rings. The van der Waals surface area contributed by atoms with Crippen LogP contribution in [0.15, 0.2) is 24.3 Å². The molecule has 0 amide bonds. The third kappa shape index (κ3) is 3.90. The molecule has 3 nitrogen and oxygen atoms in total. The predicted molar refractivity (Wildman–Crippen MR) is 87.7 cm³/mol. The van der Waals surface area contributed by atoms with Crippen molar-refractivity contribution in [2.24, 2.45) is 5.73 Å². The SMILES string of the molecule is COc1ccc(CC(C)(CN)N2CCCSCC2)cc1. The fraction of sp³-hybridized carbons (Fsp3) is 0.625. The van der Waals surface area contributed by atoms with Gasteiger partial charge in [-0.05, 0) is 49.8 Å². The molecule has 1 saturated heterocycles. The van der Waals surface area contributed by atoms with Crippen LogP contribution in [0.25, 0.3) is 0 Å². The van der Waals surface area contributed by atoms with Crippen LogP contribution in [-0.4, -0.2) is 48.7 Å². The number of benzene rings is 1. The Labute approximate surface area is 126 Å². The highest BCUT2D eigenvalue weighted by Gasteiger charge is 2.31. The monoisotopic (exact) mass is 294 g/mol. The zero-order chi connectivity index (χ0) is 14.4. The molecule has 112 valence electrons. The summed E-state index contributed by atoms with van der Waals surface area (Å²) in [4.78, 5) is 2.58. The number of hydrogen-bond donors (Lipinski definition) is 1. The van der Waals surface area contributed by atoms with Gasteiger partial charge in [0.25, 0.3) is 0 Å². The van der Waals surface area contributed by atoms with Crippen molar-refractivity contribution in [2.75, 3.05) is 38.2 Å². The molecule has 2 N–H and O–H groups in total. The summed E-state index contributed by atoms with van der Waals surface area (Å²) in [6.45, 7) is 5.31. The Morgan fingerprint density at radius 1 is 1.25 bits per heavy atom. The lowest BCUT2D eigenvalue weighted by Crippen LogP contribution is -2.54. The molecule has 1 aliphatic heterocycles. The van der Waals surface area contributed by atoms with Gasteiger partial charge in [-0.15, -0.1) is 0 Å². The summed E-state index contributed by atoms with van der Waals surface area (Å²) >= 11 is 2.06. The number of nitrogens with two attached hydrogens (primary N) is 1. The van der Waals surface area contributed by atoms with E-state index in [1.54, 1.807) is 7.11 Å². The van der Waals surface area contributed by atoms with E-state index in [-0.39, 0.29) is 5.54 Å². The van der Waals surface area contributed by atoms with Crippen LogP contribution in [0, 0.1) is 0 Å². The van der Waals surface area contributed by atoms with Crippen LogP contribution in [0.1, 0.15) is 18.9 Å². The number of ether oxygens (including phenoxy) is 1. The molecule has 2 rings (SSSR count). The van der Waals surface area contributed by atoms with Crippen LogP contribution < -0.4 is 10.5 Å². The molecule has 0 spiro atoms. The molecule has 1 fully saturated rings. The van der Waals surface area contributed by atoms with E-state index < -0.39 is 0 Å². The molecule has 1 heterocycles. The van der Waals surface area contributed by atoms with Crippen LogP contribution in [0.3, 0.4) is 0 Å². The van der Waals surface area contributed by atoms with E-state index >= 15 is 0 Å². The minimum absolute atomic E-state index is 0.0550. The fourth-order valence-corrected chi connectivity index (χ4v) is 3.67. The maximum atomic E-state index is 6.12. The summed E-state index contributed by atoms with van der Waals surface area (Å²) in [6.07, 6.45) is 2.26. The second-order valence-corrected chi connectivity index (χ2v) is 6.90. The lowest BCUT2D eigenvalue weighted by Gasteiger charge is -2.40. The number of methoxy groups -OCH3 is 1. The first-order valence-corrected chi connectivity index (χ1v) is 8.49. The quantitative estimate of drug-likeness (QED) is 0.905. The second-order valence-electron chi connectivity index (χ2n) is 5.68. The third-order valence-electron chi connectivity index (χ3n) is 4.17. The number of rotatable bonds is 5. The van der Waals surface area contributed by atoms with Gasteiger partial charge in [0.2, 0.25) is 0 Å². The summed E-state index contributed by atoms with van der Waals surface area (Å²) in [5.74, 6) is 3.41. The highest BCUT2D eigenvalue weighted by Crippen LogP contribution is 2.24. The first-order valence-electron chi connectivity index (χ1n) is 7.34. The van der Waals surface area contributed by atoms with Crippen molar-refractivity contribution in [2.45, 2.75) is 25.3 Å². The zero-order valence-electron chi connectivity index (χ0n) is 12.6. The van der Waals surface area contributed by atoms with E-state index in [1.807, 2.05) is 12.1 Å². The van der Waals surface area contributed by atoms with E-state index in [0.29, 0.717) is 6.54 Å². The Hall–Kier alpha value is -0.710. The van der Waals surface area contributed by atoms with Crippen LogP contribution in [-0.2, 0) is 6.42 Å². The van der Waals surface area contributed by atoms with Crippen LogP contribution >= 0.6 is 11.8 Å². The molecule has 0 aliphatic carbocycles. The average molecular weight is 294 g/mol. The summed E-state index contributed by atoms with van der Waals surface area (Å²) in [7, 11) is 1.70. The van der Waals surface area contributed by atoms with Gasteiger partial charge < -0.3 is 10.5 Å². The van der Waals surface area contributed by atoms with Crippen molar-refractivity contribution in [3.8, 4) is 5.75 Å². The lowest BCUT2D eigenvalue weighted by molar-refractivity contribution is 0.120. The van der Waals surface area contributed by atoms with E-state index in [9.17, 15) is 0 Å². The van der Waals surface area contributed by atoms with Crippen molar-refractivity contribution >= 4 is 11.8 Å². The summed E-state index contributed by atoms with van der Waals surface area (Å²) in [5.41, 5.74) is 7.50. The lowest BCUT2D eigenvalue weighted by atomic mass is 9.90. The van der Waals surface area contributed by atoms with Gasteiger partial charge in [0.05, 0.1) is 7.11 Å². The summed E-state index contributed by atoms with van der Waals surface area (Å²) in [5, 5.41) is 0. The molecule has 1 unspecified atom stereocenters. The molecule has 1 aromatic carbocycles. The Kier molecular flexibility index (Phi) is 5.75. The van der Waals surface area contributed by atoms with Gasteiger partial charge >= 0.3 is 0 Å². The molecule has 0 bridgehead atoms. The Morgan fingerprint density at radius 2 is 2.00 bits per heavy atom. The minimum Gasteiger partial charge on any atom is -0.497 e. The molecule has 1 atom stereocenters. The molecule has 0 radical (unpaired) electrons. The topological polar surface area (TPSA) is 38.5 Å². The highest BCUT2D eigenvalue weighted by atomic mass is 32.2. The Bertz CT molecular complexity index is 401. The maximum absolute atomic E-state index is 6.12. The number of nitrogens with zero attached hydrogens (tertiary/aromatic N) is 1. The predicted octanol–water partition coefficient (Wildman–Crippen LogP) is 2.39. The average Bonchev–Trinajstić information content (AvgIpc) is 2.77. The molecule has 1 aromatic rings. The number of hydrogen-bond acceptors (Lipinski definition) is 4. The van der Waals surface area contributed by atoms with Crippen molar-refractivity contribution in [3.63, 3.8) is 0 Å². The van der Waals surface area contributed by atoms with Crippen molar-refractivity contribution in [3.05, 3.63) is 29.8 Å². The smallest absolute Gasteiger partial charge is 0.118 e. The first-order chi connectivity index (χ1) is 9.68. The van der Waals surface area contributed by atoms with Gasteiger partial charge in [0.15, 0.2) is 0 Å². The van der Waals surface area contributed by atoms with Gasteiger partial charge in [-0.3, -0.25) is 4.90 Å².